The van der Waals surface area contributed by atoms with E-state index in [0.29, 0.717) is 5.92 Å². The fourth-order valence-corrected chi connectivity index (χ4v) is 2.34. The minimum absolute atomic E-state index is 0.0781. The molecule has 0 atom stereocenters. The molecule has 0 aliphatic carbocycles. The smallest absolute Gasteiger partial charge is 0.261 e. The van der Waals surface area contributed by atoms with Crippen molar-refractivity contribution in [1.82, 2.24) is 5.32 Å². The molecule has 0 fully saturated rings. The zero-order valence-electron chi connectivity index (χ0n) is 9.67. The predicted octanol–water partition coefficient (Wildman–Crippen LogP) is 3.22. The predicted molar refractivity (Wildman–Crippen MR) is 65.5 cm³/mol. The van der Waals surface area contributed by atoms with E-state index in [4.69, 9.17) is 0 Å². The third kappa shape index (κ3) is 3.34. The topological polar surface area (TPSA) is 29.1 Å². The van der Waals surface area contributed by atoms with Gasteiger partial charge in [0.1, 0.15) is 0 Å². The Bertz CT molecular complexity index is 315. The van der Waals surface area contributed by atoms with Gasteiger partial charge in [0.15, 0.2) is 0 Å². The number of carbonyl (C=O) groups is 1. The molecule has 3 heteroatoms. The van der Waals surface area contributed by atoms with Crippen molar-refractivity contribution in [2.45, 2.75) is 33.6 Å². The third-order valence-corrected chi connectivity index (χ3v) is 3.79. The molecule has 0 radical (unpaired) electrons. The highest BCUT2D eigenvalue weighted by molar-refractivity contribution is 7.12. The maximum absolute atomic E-state index is 11.8. The van der Waals surface area contributed by atoms with Crippen LogP contribution in [-0.2, 0) is 0 Å². The van der Waals surface area contributed by atoms with E-state index >= 15 is 0 Å². The third-order valence-electron chi connectivity index (χ3n) is 2.77. The fourth-order valence-electron chi connectivity index (χ4n) is 1.50. The lowest BCUT2D eigenvalue weighted by Gasteiger charge is -2.12. The Kier molecular flexibility index (Phi) is 4.82. The monoisotopic (exact) mass is 225 g/mol. The van der Waals surface area contributed by atoms with Crippen LogP contribution in [0.15, 0.2) is 11.4 Å². The molecule has 1 heterocycles. The van der Waals surface area contributed by atoms with Crippen LogP contribution in [-0.4, -0.2) is 12.5 Å². The Hall–Kier alpha value is -0.830. The second-order valence-electron chi connectivity index (χ2n) is 3.83. The summed E-state index contributed by atoms with van der Waals surface area (Å²) in [6, 6.07) is 1.98. The summed E-state index contributed by atoms with van der Waals surface area (Å²) in [4.78, 5) is 12.6. The van der Waals surface area contributed by atoms with Crippen LogP contribution in [0.5, 0.6) is 0 Å². The summed E-state index contributed by atoms with van der Waals surface area (Å²) in [5.74, 6) is 0.684. The minimum atomic E-state index is 0.0781. The van der Waals surface area contributed by atoms with Gasteiger partial charge < -0.3 is 5.32 Å². The second kappa shape index (κ2) is 5.91. The molecule has 0 aliphatic heterocycles. The van der Waals surface area contributed by atoms with Crippen molar-refractivity contribution in [1.29, 1.82) is 0 Å². The number of aryl methyl sites for hydroxylation is 1. The van der Waals surface area contributed by atoms with Crippen molar-refractivity contribution >= 4 is 17.2 Å². The molecule has 1 amide bonds. The highest BCUT2D eigenvalue weighted by atomic mass is 32.1. The van der Waals surface area contributed by atoms with Crippen LogP contribution >= 0.6 is 11.3 Å². The van der Waals surface area contributed by atoms with E-state index in [9.17, 15) is 4.79 Å². The zero-order valence-corrected chi connectivity index (χ0v) is 10.5. The van der Waals surface area contributed by atoms with E-state index in [-0.39, 0.29) is 5.91 Å². The van der Waals surface area contributed by atoms with Gasteiger partial charge >= 0.3 is 0 Å². The lowest BCUT2D eigenvalue weighted by atomic mass is 10.0. The van der Waals surface area contributed by atoms with E-state index in [1.54, 1.807) is 0 Å². The van der Waals surface area contributed by atoms with Gasteiger partial charge in [-0.25, -0.2) is 0 Å². The number of hydrogen-bond donors (Lipinski definition) is 1. The number of carbonyl (C=O) groups excluding carboxylic acids is 1. The van der Waals surface area contributed by atoms with E-state index in [2.05, 4.69) is 19.2 Å². The Morgan fingerprint density at radius 3 is 2.60 bits per heavy atom. The molecule has 0 unspecified atom stereocenters. The number of thiophene rings is 1. The Morgan fingerprint density at radius 1 is 1.47 bits per heavy atom. The van der Waals surface area contributed by atoms with Crippen LogP contribution in [0, 0.1) is 12.8 Å². The molecule has 1 aromatic heterocycles. The Balaban J connectivity index is 2.47. The van der Waals surface area contributed by atoms with Gasteiger partial charge in [0.25, 0.3) is 5.91 Å². The SMILES string of the molecule is CCC(CC)CNC(=O)c1sccc1C. The zero-order chi connectivity index (χ0) is 11.3. The first-order valence-electron chi connectivity index (χ1n) is 5.51. The number of amides is 1. The van der Waals surface area contributed by atoms with Crippen LogP contribution in [0.25, 0.3) is 0 Å². The van der Waals surface area contributed by atoms with E-state index in [0.717, 1.165) is 29.8 Å². The highest BCUT2D eigenvalue weighted by Crippen LogP contribution is 2.15. The first-order valence-corrected chi connectivity index (χ1v) is 6.39. The summed E-state index contributed by atoms with van der Waals surface area (Å²) in [7, 11) is 0. The quantitative estimate of drug-likeness (QED) is 0.819. The first kappa shape index (κ1) is 12.2. The number of hydrogen-bond acceptors (Lipinski definition) is 2. The lowest BCUT2D eigenvalue weighted by molar-refractivity contribution is 0.0950. The lowest BCUT2D eigenvalue weighted by Crippen LogP contribution is -2.28. The van der Waals surface area contributed by atoms with Gasteiger partial charge in [0.05, 0.1) is 4.88 Å². The first-order chi connectivity index (χ1) is 7.19. The van der Waals surface area contributed by atoms with Gasteiger partial charge in [0.2, 0.25) is 0 Å². The van der Waals surface area contributed by atoms with Crippen molar-refractivity contribution in [2.24, 2.45) is 5.92 Å². The molecule has 1 rings (SSSR count). The molecule has 2 nitrogen and oxygen atoms in total. The van der Waals surface area contributed by atoms with Crippen LogP contribution in [0.1, 0.15) is 41.9 Å². The Morgan fingerprint density at radius 2 is 2.13 bits per heavy atom. The standard InChI is InChI=1S/C12H19NOS/c1-4-10(5-2)8-13-12(14)11-9(3)6-7-15-11/h6-7,10H,4-5,8H2,1-3H3,(H,13,14). The maximum atomic E-state index is 11.8. The van der Waals surface area contributed by atoms with Crippen molar-refractivity contribution in [3.63, 3.8) is 0 Å². The highest BCUT2D eigenvalue weighted by Gasteiger charge is 2.11. The van der Waals surface area contributed by atoms with Gasteiger partial charge in [-0.05, 0) is 29.9 Å². The molecule has 0 aromatic carbocycles. The minimum Gasteiger partial charge on any atom is -0.351 e. The number of rotatable bonds is 5. The molecule has 84 valence electrons. The van der Waals surface area contributed by atoms with Crippen molar-refractivity contribution in [2.75, 3.05) is 6.54 Å². The Labute approximate surface area is 95.7 Å². The van der Waals surface area contributed by atoms with Gasteiger partial charge in [-0.15, -0.1) is 11.3 Å². The molecule has 0 spiro atoms. The van der Waals surface area contributed by atoms with Gasteiger partial charge in [-0.1, -0.05) is 26.7 Å². The fraction of sp³-hybridized carbons (Fsp3) is 0.583. The molecule has 15 heavy (non-hydrogen) atoms. The summed E-state index contributed by atoms with van der Waals surface area (Å²) in [6.45, 7) is 7.10. The second-order valence-corrected chi connectivity index (χ2v) is 4.74. The average molecular weight is 225 g/mol. The van der Waals surface area contributed by atoms with Crippen molar-refractivity contribution in [3.8, 4) is 0 Å². The van der Waals surface area contributed by atoms with Crippen molar-refractivity contribution in [3.05, 3.63) is 21.9 Å². The maximum Gasteiger partial charge on any atom is 0.261 e. The summed E-state index contributed by atoms with van der Waals surface area (Å²) in [5, 5.41) is 4.96. The molecule has 1 N–H and O–H groups in total. The largest absolute Gasteiger partial charge is 0.351 e. The van der Waals surface area contributed by atoms with Gasteiger partial charge in [0, 0.05) is 6.54 Å². The molecule has 0 saturated heterocycles. The van der Waals surface area contributed by atoms with E-state index in [1.807, 2.05) is 18.4 Å². The molecule has 0 saturated carbocycles. The van der Waals surface area contributed by atoms with E-state index < -0.39 is 0 Å². The molecular weight excluding hydrogens is 206 g/mol. The summed E-state index contributed by atoms with van der Waals surface area (Å²) >= 11 is 1.51. The van der Waals surface area contributed by atoms with Crippen LogP contribution < -0.4 is 5.32 Å². The summed E-state index contributed by atoms with van der Waals surface area (Å²) in [5.41, 5.74) is 1.07. The number of nitrogens with one attached hydrogen (secondary N) is 1. The molecule has 0 aliphatic rings. The van der Waals surface area contributed by atoms with Gasteiger partial charge in [-0.3, -0.25) is 4.79 Å². The van der Waals surface area contributed by atoms with Crippen LogP contribution in [0.2, 0.25) is 0 Å². The summed E-state index contributed by atoms with van der Waals surface area (Å²) in [6.07, 6.45) is 2.25. The normalized spacial score (nSPS) is 10.7. The van der Waals surface area contributed by atoms with Crippen LogP contribution in [0.3, 0.4) is 0 Å². The molecular formula is C12H19NOS. The molecule has 1 aromatic rings. The average Bonchev–Trinajstić information content (AvgIpc) is 2.66. The van der Waals surface area contributed by atoms with Crippen molar-refractivity contribution < 1.29 is 4.79 Å². The van der Waals surface area contributed by atoms with E-state index in [1.165, 1.54) is 11.3 Å². The van der Waals surface area contributed by atoms with Gasteiger partial charge in [-0.2, -0.15) is 0 Å². The molecule has 0 bridgehead atoms. The summed E-state index contributed by atoms with van der Waals surface area (Å²) < 4.78 is 0. The van der Waals surface area contributed by atoms with Crippen LogP contribution in [0.4, 0.5) is 0 Å².